The molecule has 1 saturated heterocycles. The summed E-state index contributed by atoms with van der Waals surface area (Å²) in [5.41, 5.74) is 1.08. The van der Waals surface area contributed by atoms with E-state index in [2.05, 4.69) is 29.4 Å². The lowest BCUT2D eigenvalue weighted by Gasteiger charge is -2.31. The maximum atomic E-state index is 12.2. The van der Waals surface area contributed by atoms with Crippen LogP contribution in [0.5, 0.6) is 0 Å². The van der Waals surface area contributed by atoms with E-state index in [0.717, 1.165) is 43.1 Å². The highest BCUT2D eigenvalue weighted by Gasteiger charge is 2.25. The number of likely N-dealkylation sites (N-methyl/N-ethyl adjacent to an activating group) is 1. The molecular weight excluding hydrogens is 298 g/mol. The normalized spacial score (nSPS) is 19.4. The highest BCUT2D eigenvalue weighted by molar-refractivity contribution is 6.31. The van der Waals surface area contributed by atoms with E-state index >= 15 is 0 Å². The average molecular weight is 324 g/mol. The second-order valence-electron chi connectivity index (χ2n) is 5.65. The number of carbonyl (C=O) groups excluding carboxylic acids is 1. The van der Waals surface area contributed by atoms with Gasteiger partial charge in [0.25, 0.3) is 0 Å². The van der Waals surface area contributed by atoms with E-state index in [0.29, 0.717) is 6.54 Å². The molecule has 0 aromatic heterocycles. The molecule has 1 fully saturated rings. The number of carbonyl (C=O) groups is 1. The van der Waals surface area contributed by atoms with Crippen molar-refractivity contribution in [2.75, 3.05) is 26.2 Å². The number of hydrogen-bond acceptors (Lipinski definition) is 3. The van der Waals surface area contributed by atoms with Crippen LogP contribution in [0.2, 0.25) is 5.02 Å². The smallest absolute Gasteiger partial charge is 0.237 e. The van der Waals surface area contributed by atoms with Gasteiger partial charge in [-0.15, -0.1) is 0 Å². The molecule has 2 unspecified atom stereocenters. The van der Waals surface area contributed by atoms with Crippen LogP contribution in [0.25, 0.3) is 0 Å². The molecule has 1 aromatic rings. The fraction of sp³-hybridized carbons (Fsp3) is 0.588. The monoisotopic (exact) mass is 323 g/mol. The van der Waals surface area contributed by atoms with Crippen molar-refractivity contribution in [3.05, 3.63) is 34.9 Å². The molecule has 1 aliphatic heterocycles. The van der Waals surface area contributed by atoms with E-state index in [1.165, 1.54) is 0 Å². The van der Waals surface area contributed by atoms with Crippen LogP contribution in [0.3, 0.4) is 0 Å². The molecule has 0 saturated carbocycles. The Bertz CT molecular complexity index is 485. The SMILES string of the molecule is CCN(CC)C(CNC(=O)C1CCCN1)c1ccccc1Cl. The number of benzene rings is 1. The Kier molecular flexibility index (Phi) is 6.68. The molecule has 0 aliphatic carbocycles. The predicted octanol–water partition coefficient (Wildman–Crippen LogP) is 2.59. The first kappa shape index (κ1) is 17.3. The van der Waals surface area contributed by atoms with Crippen molar-refractivity contribution in [3.63, 3.8) is 0 Å². The van der Waals surface area contributed by atoms with Crippen molar-refractivity contribution < 1.29 is 4.79 Å². The van der Waals surface area contributed by atoms with Crippen molar-refractivity contribution in [2.45, 2.75) is 38.8 Å². The fourth-order valence-electron chi connectivity index (χ4n) is 3.07. The predicted molar refractivity (Wildman–Crippen MR) is 91.1 cm³/mol. The maximum absolute atomic E-state index is 12.2. The molecule has 2 N–H and O–H groups in total. The van der Waals surface area contributed by atoms with Gasteiger partial charge in [-0.1, -0.05) is 43.6 Å². The Morgan fingerprint density at radius 2 is 2.14 bits per heavy atom. The summed E-state index contributed by atoms with van der Waals surface area (Å²) in [6.07, 6.45) is 2.00. The minimum Gasteiger partial charge on any atom is -0.353 e. The largest absolute Gasteiger partial charge is 0.353 e. The summed E-state index contributed by atoms with van der Waals surface area (Å²) in [7, 11) is 0. The average Bonchev–Trinajstić information content (AvgIpc) is 3.06. The number of hydrogen-bond donors (Lipinski definition) is 2. The number of nitrogens with zero attached hydrogens (tertiary/aromatic N) is 1. The van der Waals surface area contributed by atoms with Crippen LogP contribution >= 0.6 is 11.6 Å². The minimum atomic E-state index is -0.0383. The second-order valence-corrected chi connectivity index (χ2v) is 6.06. The molecule has 122 valence electrons. The number of amides is 1. The first-order chi connectivity index (χ1) is 10.7. The van der Waals surface area contributed by atoms with Gasteiger partial charge in [-0.3, -0.25) is 9.69 Å². The van der Waals surface area contributed by atoms with Crippen LogP contribution in [-0.2, 0) is 4.79 Å². The summed E-state index contributed by atoms with van der Waals surface area (Å²) >= 11 is 6.37. The molecule has 4 nitrogen and oxygen atoms in total. The van der Waals surface area contributed by atoms with Crippen LogP contribution in [0.4, 0.5) is 0 Å². The second kappa shape index (κ2) is 8.51. The van der Waals surface area contributed by atoms with E-state index < -0.39 is 0 Å². The van der Waals surface area contributed by atoms with E-state index in [1.807, 2.05) is 24.3 Å². The lowest BCUT2D eigenvalue weighted by atomic mass is 10.0. The zero-order valence-electron chi connectivity index (χ0n) is 13.4. The Morgan fingerprint density at radius 1 is 1.41 bits per heavy atom. The van der Waals surface area contributed by atoms with Crippen LogP contribution in [0.1, 0.15) is 38.3 Å². The molecule has 0 bridgehead atoms. The standard InChI is InChI=1S/C17H26ClN3O/c1-3-21(4-2)16(13-8-5-6-9-14(13)18)12-20-17(22)15-10-7-11-19-15/h5-6,8-9,15-16,19H,3-4,7,10-12H2,1-2H3,(H,20,22). The molecular formula is C17H26ClN3O. The lowest BCUT2D eigenvalue weighted by molar-refractivity contribution is -0.123. The zero-order valence-corrected chi connectivity index (χ0v) is 14.2. The Morgan fingerprint density at radius 3 is 2.73 bits per heavy atom. The van der Waals surface area contributed by atoms with Gasteiger partial charge in [-0.05, 0) is 44.1 Å². The Hall–Kier alpha value is -1.10. The molecule has 1 aromatic carbocycles. The van der Waals surface area contributed by atoms with Crippen LogP contribution in [-0.4, -0.2) is 43.0 Å². The quantitative estimate of drug-likeness (QED) is 0.810. The third-order valence-electron chi connectivity index (χ3n) is 4.36. The fourth-order valence-corrected chi connectivity index (χ4v) is 3.34. The lowest BCUT2D eigenvalue weighted by Crippen LogP contribution is -2.44. The molecule has 2 rings (SSSR count). The molecule has 5 heteroatoms. The molecule has 1 aliphatic rings. The van der Waals surface area contributed by atoms with Gasteiger partial charge in [0.05, 0.1) is 12.1 Å². The van der Waals surface area contributed by atoms with Crippen LogP contribution in [0.15, 0.2) is 24.3 Å². The van der Waals surface area contributed by atoms with Gasteiger partial charge in [0.1, 0.15) is 0 Å². The van der Waals surface area contributed by atoms with Crippen molar-refractivity contribution in [3.8, 4) is 0 Å². The summed E-state index contributed by atoms with van der Waals surface area (Å²) in [6.45, 7) is 7.62. The molecule has 1 amide bonds. The molecule has 1 heterocycles. The Labute approximate surface area is 138 Å². The summed E-state index contributed by atoms with van der Waals surface area (Å²) in [6, 6.07) is 7.96. The Balaban J connectivity index is 2.08. The summed E-state index contributed by atoms with van der Waals surface area (Å²) in [4.78, 5) is 14.6. The molecule has 22 heavy (non-hydrogen) atoms. The van der Waals surface area contributed by atoms with Crippen molar-refractivity contribution in [1.82, 2.24) is 15.5 Å². The maximum Gasteiger partial charge on any atom is 0.237 e. The van der Waals surface area contributed by atoms with Gasteiger partial charge >= 0.3 is 0 Å². The number of nitrogens with one attached hydrogen (secondary N) is 2. The summed E-state index contributed by atoms with van der Waals surface area (Å²) in [5.74, 6) is 0.0988. The van der Waals surface area contributed by atoms with E-state index in [-0.39, 0.29) is 18.0 Å². The third-order valence-corrected chi connectivity index (χ3v) is 4.71. The number of rotatable bonds is 7. The summed E-state index contributed by atoms with van der Waals surface area (Å²) < 4.78 is 0. The van der Waals surface area contributed by atoms with Crippen molar-refractivity contribution in [1.29, 1.82) is 0 Å². The minimum absolute atomic E-state index is 0.0383. The molecule has 0 radical (unpaired) electrons. The first-order valence-electron chi connectivity index (χ1n) is 8.16. The van der Waals surface area contributed by atoms with Gasteiger partial charge in [-0.2, -0.15) is 0 Å². The highest BCUT2D eigenvalue weighted by Crippen LogP contribution is 2.27. The summed E-state index contributed by atoms with van der Waals surface area (Å²) in [5, 5.41) is 7.09. The topological polar surface area (TPSA) is 44.4 Å². The van der Waals surface area contributed by atoms with Gasteiger partial charge in [0.15, 0.2) is 0 Å². The van der Waals surface area contributed by atoms with Gasteiger partial charge < -0.3 is 10.6 Å². The van der Waals surface area contributed by atoms with E-state index in [1.54, 1.807) is 0 Å². The first-order valence-corrected chi connectivity index (χ1v) is 8.54. The van der Waals surface area contributed by atoms with Crippen molar-refractivity contribution in [2.24, 2.45) is 0 Å². The number of halogens is 1. The van der Waals surface area contributed by atoms with Gasteiger partial charge in [0, 0.05) is 11.6 Å². The third kappa shape index (κ3) is 4.22. The molecule has 0 spiro atoms. The van der Waals surface area contributed by atoms with Crippen LogP contribution < -0.4 is 10.6 Å². The van der Waals surface area contributed by atoms with Crippen LogP contribution in [0, 0.1) is 0 Å². The van der Waals surface area contributed by atoms with Gasteiger partial charge in [0.2, 0.25) is 5.91 Å². The highest BCUT2D eigenvalue weighted by atomic mass is 35.5. The van der Waals surface area contributed by atoms with E-state index in [9.17, 15) is 4.79 Å². The molecule has 2 atom stereocenters. The van der Waals surface area contributed by atoms with Crippen molar-refractivity contribution >= 4 is 17.5 Å². The zero-order chi connectivity index (χ0) is 15.9. The van der Waals surface area contributed by atoms with Gasteiger partial charge in [-0.25, -0.2) is 0 Å². The van der Waals surface area contributed by atoms with E-state index in [4.69, 9.17) is 11.6 Å².